The number of rotatable bonds is 2. The normalized spacial score (nSPS) is 17.6. The molecule has 0 amide bonds. The highest BCUT2D eigenvalue weighted by Gasteiger charge is 2.24. The van der Waals surface area contributed by atoms with Crippen molar-refractivity contribution in [2.75, 3.05) is 6.54 Å². The first-order valence-electron chi connectivity index (χ1n) is 5.86. The lowest BCUT2D eigenvalue weighted by molar-refractivity contribution is -0.136. The molecule has 0 bridgehead atoms. The maximum Gasteiger partial charge on any atom is 0.328 e. The van der Waals surface area contributed by atoms with Crippen LogP contribution in [0.2, 0.25) is 0 Å². The molecule has 1 aromatic heterocycles. The smallest absolute Gasteiger partial charge is 0.328 e. The van der Waals surface area contributed by atoms with E-state index in [2.05, 4.69) is 10.3 Å². The average molecular weight is 303 g/mol. The molecule has 6 heteroatoms. The van der Waals surface area contributed by atoms with Crippen molar-refractivity contribution in [1.82, 2.24) is 10.3 Å². The Kier molecular flexibility index (Phi) is 5.66. The van der Waals surface area contributed by atoms with Crippen LogP contribution in [0.25, 0.3) is 10.9 Å². The van der Waals surface area contributed by atoms with Crippen LogP contribution in [0.1, 0.15) is 12.8 Å². The van der Waals surface area contributed by atoms with Crippen LogP contribution in [0.5, 0.6) is 5.75 Å². The van der Waals surface area contributed by atoms with Crippen LogP contribution in [-0.4, -0.2) is 23.5 Å². The molecule has 0 spiro atoms. The second kappa shape index (κ2) is 6.80. The van der Waals surface area contributed by atoms with E-state index < -0.39 is 0 Å². The van der Waals surface area contributed by atoms with E-state index in [9.17, 15) is 4.79 Å². The molecule has 4 nitrogen and oxygen atoms in total. The van der Waals surface area contributed by atoms with Gasteiger partial charge in [-0.3, -0.25) is 0 Å². The lowest BCUT2D eigenvalue weighted by atomic mass is 10.2. The number of carbonyl (C=O) groups excluding carboxylic acids is 1. The van der Waals surface area contributed by atoms with Crippen LogP contribution < -0.4 is 10.1 Å². The van der Waals surface area contributed by atoms with Crippen molar-refractivity contribution >= 4 is 41.7 Å². The number of benzene rings is 1. The summed E-state index contributed by atoms with van der Waals surface area (Å²) in [5.74, 6) is 0.443. The number of H-pyrrole nitrogens is 1. The highest BCUT2D eigenvalue weighted by Crippen LogP contribution is 2.25. The Balaban J connectivity index is 0.000000902. The lowest BCUT2D eigenvalue weighted by Crippen LogP contribution is -2.34. The summed E-state index contributed by atoms with van der Waals surface area (Å²) < 4.78 is 5.45. The lowest BCUT2D eigenvalue weighted by Gasteiger charge is -2.10. The number of ether oxygens (including phenoxy) is 1. The zero-order valence-corrected chi connectivity index (χ0v) is 11.9. The number of esters is 1. The molecular formula is C13H16Cl2N2O2. The first-order chi connectivity index (χ1) is 8.34. The number of fused-ring (bicyclic) bond motifs is 1. The van der Waals surface area contributed by atoms with Crippen LogP contribution in [0.15, 0.2) is 30.5 Å². The first kappa shape index (κ1) is 15.8. The second-order valence-electron chi connectivity index (χ2n) is 4.27. The summed E-state index contributed by atoms with van der Waals surface area (Å²) >= 11 is 0. The van der Waals surface area contributed by atoms with Crippen molar-refractivity contribution < 1.29 is 9.53 Å². The van der Waals surface area contributed by atoms with Crippen LogP contribution in [-0.2, 0) is 4.79 Å². The molecule has 1 aromatic carbocycles. The molecule has 104 valence electrons. The Hall–Kier alpha value is -1.23. The van der Waals surface area contributed by atoms with Crippen molar-refractivity contribution in [3.63, 3.8) is 0 Å². The molecule has 3 rings (SSSR count). The van der Waals surface area contributed by atoms with Crippen LogP contribution in [0, 0.1) is 0 Å². The van der Waals surface area contributed by atoms with Gasteiger partial charge in [-0.2, -0.15) is 0 Å². The zero-order valence-electron chi connectivity index (χ0n) is 10.2. The van der Waals surface area contributed by atoms with Gasteiger partial charge in [0.15, 0.2) is 0 Å². The summed E-state index contributed by atoms with van der Waals surface area (Å²) in [6.07, 6.45) is 3.74. The zero-order chi connectivity index (χ0) is 11.7. The maximum absolute atomic E-state index is 11.9. The fraction of sp³-hybridized carbons (Fsp3) is 0.308. The van der Waals surface area contributed by atoms with Crippen molar-refractivity contribution in [2.24, 2.45) is 0 Å². The van der Waals surface area contributed by atoms with Crippen molar-refractivity contribution in [3.8, 4) is 5.75 Å². The number of aromatic amines is 1. The third-order valence-electron chi connectivity index (χ3n) is 3.11. The van der Waals surface area contributed by atoms with Gasteiger partial charge < -0.3 is 15.0 Å². The molecule has 19 heavy (non-hydrogen) atoms. The summed E-state index contributed by atoms with van der Waals surface area (Å²) in [6.45, 7) is 0.897. The highest BCUT2D eigenvalue weighted by molar-refractivity contribution is 5.89. The average Bonchev–Trinajstić information content (AvgIpc) is 3.00. The molecule has 1 fully saturated rings. The number of hydrogen-bond donors (Lipinski definition) is 2. The molecule has 0 aliphatic carbocycles. The van der Waals surface area contributed by atoms with Gasteiger partial charge in [-0.15, -0.1) is 24.8 Å². The monoisotopic (exact) mass is 302 g/mol. The Bertz CT molecular complexity index is 550. The van der Waals surface area contributed by atoms with E-state index in [4.69, 9.17) is 4.74 Å². The molecule has 1 atom stereocenters. The summed E-state index contributed by atoms with van der Waals surface area (Å²) in [7, 11) is 0. The van der Waals surface area contributed by atoms with Gasteiger partial charge in [0, 0.05) is 17.1 Å². The van der Waals surface area contributed by atoms with E-state index >= 15 is 0 Å². The molecular weight excluding hydrogens is 287 g/mol. The van der Waals surface area contributed by atoms with Crippen molar-refractivity contribution in [2.45, 2.75) is 18.9 Å². The Labute approximate surface area is 123 Å². The molecule has 0 unspecified atom stereocenters. The number of carbonyl (C=O) groups is 1. The van der Waals surface area contributed by atoms with Gasteiger partial charge >= 0.3 is 5.97 Å². The number of nitrogens with one attached hydrogen (secondary N) is 2. The Morgan fingerprint density at radius 2 is 2.11 bits per heavy atom. The van der Waals surface area contributed by atoms with Gasteiger partial charge in [0.2, 0.25) is 0 Å². The number of halogens is 2. The van der Waals surface area contributed by atoms with Gasteiger partial charge in [-0.05, 0) is 37.6 Å². The fourth-order valence-electron chi connectivity index (χ4n) is 2.21. The topological polar surface area (TPSA) is 54.1 Å². The second-order valence-corrected chi connectivity index (χ2v) is 4.27. The number of hydrogen-bond acceptors (Lipinski definition) is 3. The standard InChI is InChI=1S/C13H14N2O2.2ClH/c16-13(11-4-2-7-14-11)17-12-5-1-3-10-9(12)6-8-15-10;;/h1,3,5-6,8,11,14-15H,2,4,7H2;2*1H/t11-;;/m0../s1. The van der Waals surface area contributed by atoms with Gasteiger partial charge in [0.05, 0.1) is 0 Å². The van der Waals surface area contributed by atoms with Crippen LogP contribution in [0.4, 0.5) is 0 Å². The minimum Gasteiger partial charge on any atom is -0.425 e. The Morgan fingerprint density at radius 3 is 2.84 bits per heavy atom. The minimum absolute atomic E-state index is 0. The quantitative estimate of drug-likeness (QED) is 0.662. The molecule has 1 aliphatic rings. The molecule has 2 aromatic rings. The minimum atomic E-state index is -0.184. The third-order valence-corrected chi connectivity index (χ3v) is 3.11. The molecule has 0 saturated carbocycles. The van der Waals surface area contributed by atoms with E-state index in [-0.39, 0.29) is 36.8 Å². The summed E-state index contributed by atoms with van der Waals surface area (Å²) in [5.41, 5.74) is 0.981. The van der Waals surface area contributed by atoms with Crippen LogP contribution >= 0.6 is 24.8 Å². The largest absolute Gasteiger partial charge is 0.425 e. The predicted octanol–water partition coefficient (Wildman–Crippen LogP) is 2.67. The SMILES string of the molecule is Cl.Cl.O=C(Oc1cccc2[nH]ccc12)[C@@H]1CCCN1. The molecule has 2 heterocycles. The molecule has 1 aliphatic heterocycles. The third kappa shape index (κ3) is 3.21. The highest BCUT2D eigenvalue weighted by atomic mass is 35.5. The van der Waals surface area contributed by atoms with Gasteiger partial charge in [-0.25, -0.2) is 4.79 Å². The van der Waals surface area contributed by atoms with Crippen molar-refractivity contribution in [3.05, 3.63) is 30.5 Å². The van der Waals surface area contributed by atoms with E-state index in [1.807, 2.05) is 30.5 Å². The number of aromatic nitrogens is 1. The molecule has 1 saturated heterocycles. The summed E-state index contributed by atoms with van der Waals surface area (Å²) in [5, 5.41) is 4.08. The van der Waals surface area contributed by atoms with E-state index in [1.54, 1.807) is 0 Å². The van der Waals surface area contributed by atoms with Gasteiger partial charge in [-0.1, -0.05) is 6.07 Å². The maximum atomic E-state index is 11.9. The fourth-order valence-corrected chi connectivity index (χ4v) is 2.21. The molecule has 2 N–H and O–H groups in total. The van der Waals surface area contributed by atoms with E-state index in [0.717, 1.165) is 30.3 Å². The summed E-state index contributed by atoms with van der Waals surface area (Å²) in [4.78, 5) is 15.0. The van der Waals surface area contributed by atoms with Gasteiger partial charge in [0.1, 0.15) is 11.8 Å². The summed E-state index contributed by atoms with van der Waals surface area (Å²) in [6, 6.07) is 7.43. The first-order valence-corrected chi connectivity index (χ1v) is 5.86. The predicted molar refractivity (Wildman–Crippen MR) is 79.5 cm³/mol. The van der Waals surface area contributed by atoms with Gasteiger partial charge in [0.25, 0.3) is 0 Å². The molecule has 0 radical (unpaired) electrons. The van der Waals surface area contributed by atoms with Crippen LogP contribution in [0.3, 0.4) is 0 Å². The van der Waals surface area contributed by atoms with Crippen molar-refractivity contribution in [1.29, 1.82) is 0 Å². The Morgan fingerprint density at radius 1 is 1.26 bits per heavy atom. The van der Waals surface area contributed by atoms with E-state index in [1.165, 1.54) is 0 Å². The van der Waals surface area contributed by atoms with E-state index in [0.29, 0.717) is 5.75 Å².